The Hall–Kier alpha value is -3.91. The second-order valence-electron chi connectivity index (χ2n) is 7.89. The van der Waals surface area contributed by atoms with Crippen LogP contribution in [0.4, 0.5) is 0 Å². The molecule has 5 aromatic rings. The fourth-order valence-corrected chi connectivity index (χ4v) is 4.68. The molecule has 3 aromatic carbocycles. The molecule has 0 atom stereocenters. The van der Waals surface area contributed by atoms with Crippen LogP contribution in [-0.4, -0.2) is 37.4 Å². The average molecular weight is 470 g/mol. The van der Waals surface area contributed by atoms with Crippen LogP contribution in [0.25, 0.3) is 16.7 Å². The van der Waals surface area contributed by atoms with Crippen molar-refractivity contribution < 1.29 is 4.79 Å². The highest BCUT2D eigenvalue weighted by atomic mass is 32.2. The smallest absolute Gasteiger partial charge is 0.263 e. The maximum Gasteiger partial charge on any atom is 0.263 e. The number of thioether (sulfide) groups is 1. The van der Waals surface area contributed by atoms with E-state index in [2.05, 4.69) is 15.5 Å². The molecule has 0 spiro atoms. The molecule has 2 heterocycles. The average Bonchev–Trinajstić information content (AvgIpc) is 3.31. The molecule has 1 amide bonds. The van der Waals surface area contributed by atoms with Crippen LogP contribution in [0.5, 0.6) is 0 Å². The Morgan fingerprint density at radius 1 is 0.853 bits per heavy atom. The van der Waals surface area contributed by atoms with Gasteiger partial charge in [0.25, 0.3) is 5.56 Å². The fraction of sp³-hybridized carbons (Fsp3) is 0.154. The van der Waals surface area contributed by atoms with Crippen LogP contribution in [0.1, 0.15) is 11.1 Å². The van der Waals surface area contributed by atoms with Crippen molar-refractivity contribution >= 4 is 34.3 Å². The molecule has 0 bridgehead atoms. The topological polar surface area (TPSA) is 81.3 Å². The zero-order chi connectivity index (χ0) is 23.3. The van der Waals surface area contributed by atoms with Crippen LogP contribution < -0.4 is 10.9 Å². The lowest BCUT2D eigenvalue weighted by atomic mass is 10.1. The third kappa shape index (κ3) is 4.58. The van der Waals surface area contributed by atoms with Crippen LogP contribution >= 0.6 is 11.8 Å². The Bertz CT molecular complexity index is 1500. The van der Waals surface area contributed by atoms with E-state index in [9.17, 15) is 9.59 Å². The number of nitrogens with zero attached hydrogens (tertiary/aromatic N) is 4. The Balaban J connectivity index is 1.39. The van der Waals surface area contributed by atoms with E-state index in [0.717, 1.165) is 17.5 Å². The second-order valence-corrected chi connectivity index (χ2v) is 8.83. The molecule has 2 aromatic heterocycles. The number of hydrogen-bond acceptors (Lipinski definition) is 5. The zero-order valence-corrected chi connectivity index (χ0v) is 19.2. The van der Waals surface area contributed by atoms with E-state index in [1.807, 2.05) is 89.3 Å². The number of amides is 1. The summed E-state index contributed by atoms with van der Waals surface area (Å²) in [4.78, 5) is 25.7. The first kappa shape index (κ1) is 21.9. The van der Waals surface area contributed by atoms with Crippen LogP contribution in [0.15, 0.2) is 94.9 Å². The highest BCUT2D eigenvalue weighted by Crippen LogP contribution is 2.22. The predicted octanol–water partition coefficient (Wildman–Crippen LogP) is 3.54. The summed E-state index contributed by atoms with van der Waals surface area (Å²) in [5, 5.41) is 12.8. The zero-order valence-electron chi connectivity index (χ0n) is 18.4. The van der Waals surface area contributed by atoms with Gasteiger partial charge in [-0.25, -0.2) is 0 Å². The molecule has 0 aliphatic heterocycles. The molecule has 5 rings (SSSR count). The van der Waals surface area contributed by atoms with E-state index in [0.29, 0.717) is 29.4 Å². The number of hydrogen-bond donors (Lipinski definition) is 1. The Labute approximate surface area is 200 Å². The van der Waals surface area contributed by atoms with Crippen LogP contribution in [0.3, 0.4) is 0 Å². The van der Waals surface area contributed by atoms with E-state index in [1.165, 1.54) is 17.3 Å². The first-order chi connectivity index (χ1) is 16.7. The predicted molar refractivity (Wildman–Crippen MR) is 134 cm³/mol. The molecule has 0 saturated heterocycles. The number of aromatic nitrogens is 4. The lowest BCUT2D eigenvalue weighted by molar-refractivity contribution is -0.118. The summed E-state index contributed by atoms with van der Waals surface area (Å²) in [5.74, 6) is 0.598. The first-order valence-electron chi connectivity index (χ1n) is 11.0. The monoisotopic (exact) mass is 469 g/mol. The fourth-order valence-electron chi connectivity index (χ4n) is 3.91. The van der Waals surface area contributed by atoms with Gasteiger partial charge in [0.15, 0.2) is 5.16 Å². The second kappa shape index (κ2) is 9.93. The molecular formula is C26H23N5O2S. The van der Waals surface area contributed by atoms with E-state index >= 15 is 0 Å². The van der Waals surface area contributed by atoms with Gasteiger partial charge in [0.1, 0.15) is 0 Å². The van der Waals surface area contributed by atoms with Crippen LogP contribution in [0.2, 0.25) is 0 Å². The number of benzene rings is 3. The third-order valence-corrected chi connectivity index (χ3v) is 6.50. The van der Waals surface area contributed by atoms with Gasteiger partial charge in [-0.15, -0.1) is 10.2 Å². The number of rotatable bonds is 8. The van der Waals surface area contributed by atoms with Gasteiger partial charge in [-0.3, -0.25) is 18.6 Å². The van der Waals surface area contributed by atoms with E-state index in [-0.39, 0.29) is 17.2 Å². The van der Waals surface area contributed by atoms with Gasteiger partial charge in [-0.1, -0.05) is 84.6 Å². The number of nitrogens with one attached hydrogen (secondary N) is 1. The normalized spacial score (nSPS) is 11.2. The maximum atomic E-state index is 13.3. The Morgan fingerprint density at radius 2 is 1.53 bits per heavy atom. The molecule has 34 heavy (non-hydrogen) atoms. The lowest BCUT2D eigenvalue weighted by Crippen LogP contribution is -2.27. The molecule has 1 N–H and O–H groups in total. The molecule has 0 unspecified atom stereocenters. The maximum absolute atomic E-state index is 13.3. The molecule has 170 valence electrons. The van der Waals surface area contributed by atoms with Crippen molar-refractivity contribution in [3.63, 3.8) is 0 Å². The lowest BCUT2D eigenvalue weighted by Gasteiger charge is -2.11. The summed E-state index contributed by atoms with van der Waals surface area (Å²) in [6.45, 7) is 0.959. The molecule has 0 radical (unpaired) electrons. The van der Waals surface area contributed by atoms with Gasteiger partial charge in [0.2, 0.25) is 11.7 Å². The standard InChI is InChI=1S/C26H23N5O2S/c32-23(27-16-15-19-9-3-1-4-10-19)18-34-26-29-28-25-30(17-20-11-5-2-6-12-20)24(33)21-13-7-8-14-22(21)31(25)26/h1-14H,15-18H2,(H,27,32). The molecule has 0 aliphatic rings. The van der Waals surface area contributed by atoms with Crippen molar-refractivity contribution in [2.45, 2.75) is 18.1 Å². The highest BCUT2D eigenvalue weighted by Gasteiger charge is 2.17. The van der Waals surface area contributed by atoms with Gasteiger partial charge < -0.3 is 5.32 Å². The number of fused-ring (bicyclic) bond motifs is 3. The minimum atomic E-state index is -0.116. The minimum absolute atomic E-state index is 0.0698. The number of carbonyl (C=O) groups excluding carboxylic acids is 1. The van der Waals surface area contributed by atoms with Crippen molar-refractivity contribution in [1.29, 1.82) is 0 Å². The first-order valence-corrected chi connectivity index (χ1v) is 12.0. The van der Waals surface area contributed by atoms with E-state index in [4.69, 9.17) is 0 Å². The van der Waals surface area contributed by atoms with Crippen molar-refractivity contribution in [2.75, 3.05) is 12.3 Å². The molecule has 0 fully saturated rings. The third-order valence-electron chi connectivity index (χ3n) is 5.57. The Morgan fingerprint density at radius 3 is 2.29 bits per heavy atom. The molecule has 8 heteroatoms. The quantitative estimate of drug-likeness (QED) is 0.352. The highest BCUT2D eigenvalue weighted by molar-refractivity contribution is 7.99. The van der Waals surface area contributed by atoms with Crippen LogP contribution in [-0.2, 0) is 17.8 Å². The Kier molecular flexibility index (Phi) is 6.40. The molecule has 0 saturated carbocycles. The minimum Gasteiger partial charge on any atom is -0.355 e. The number of carbonyl (C=O) groups is 1. The summed E-state index contributed by atoms with van der Waals surface area (Å²) >= 11 is 1.31. The molecule has 0 aliphatic carbocycles. The van der Waals surface area contributed by atoms with Gasteiger partial charge >= 0.3 is 0 Å². The van der Waals surface area contributed by atoms with Gasteiger partial charge in [0, 0.05) is 6.54 Å². The van der Waals surface area contributed by atoms with Crippen molar-refractivity contribution in [2.24, 2.45) is 0 Å². The van der Waals surface area contributed by atoms with Crippen molar-refractivity contribution in [3.8, 4) is 0 Å². The van der Waals surface area contributed by atoms with Gasteiger partial charge in [0.05, 0.1) is 23.2 Å². The summed E-state index contributed by atoms with van der Waals surface area (Å²) in [5.41, 5.74) is 2.79. The van der Waals surface area contributed by atoms with Gasteiger partial charge in [-0.05, 0) is 29.7 Å². The largest absolute Gasteiger partial charge is 0.355 e. The van der Waals surface area contributed by atoms with E-state index < -0.39 is 0 Å². The summed E-state index contributed by atoms with van der Waals surface area (Å²) < 4.78 is 3.50. The van der Waals surface area contributed by atoms with Gasteiger partial charge in [-0.2, -0.15) is 0 Å². The van der Waals surface area contributed by atoms with Crippen molar-refractivity contribution in [3.05, 3.63) is 106 Å². The van der Waals surface area contributed by atoms with Crippen molar-refractivity contribution in [1.82, 2.24) is 24.5 Å². The number of para-hydroxylation sites is 1. The molecule has 7 nitrogen and oxygen atoms in total. The molecular weight excluding hydrogens is 446 g/mol. The summed E-state index contributed by atoms with van der Waals surface area (Å²) in [6.07, 6.45) is 0.779. The summed E-state index contributed by atoms with van der Waals surface area (Å²) in [6, 6.07) is 27.3. The SMILES string of the molecule is O=C(CSc1nnc2n(Cc3ccccc3)c(=O)c3ccccc3n12)NCCc1ccccc1. The van der Waals surface area contributed by atoms with E-state index in [1.54, 1.807) is 4.57 Å². The summed E-state index contributed by atoms with van der Waals surface area (Å²) in [7, 11) is 0. The van der Waals surface area contributed by atoms with Crippen LogP contribution in [0, 0.1) is 0 Å².